The van der Waals surface area contributed by atoms with E-state index in [1.807, 2.05) is 6.07 Å². The molecule has 3 aromatic rings. The first kappa shape index (κ1) is 20.3. The Morgan fingerprint density at radius 1 is 1.14 bits per heavy atom. The van der Waals surface area contributed by atoms with Gasteiger partial charge in [-0.05, 0) is 54.9 Å². The van der Waals surface area contributed by atoms with Crippen LogP contribution < -0.4 is 10.9 Å². The van der Waals surface area contributed by atoms with Gasteiger partial charge in [-0.1, -0.05) is 37.3 Å². The summed E-state index contributed by atoms with van der Waals surface area (Å²) < 4.78 is 0. The molecule has 0 bridgehead atoms. The van der Waals surface area contributed by atoms with E-state index in [2.05, 4.69) is 82.3 Å². The highest BCUT2D eigenvalue weighted by atomic mass is 32.1. The normalized spacial score (nSPS) is 13.4. The molecular weight excluding hydrogens is 368 g/mol. The van der Waals surface area contributed by atoms with Crippen LogP contribution in [-0.4, -0.2) is 41.5 Å². The molecule has 0 radical (unpaired) electrons. The Balaban J connectivity index is 1.67. The van der Waals surface area contributed by atoms with Crippen molar-refractivity contribution in [3.63, 3.8) is 0 Å². The molecule has 0 aliphatic heterocycles. The van der Waals surface area contributed by atoms with Crippen molar-refractivity contribution in [1.29, 1.82) is 0 Å². The highest BCUT2D eigenvalue weighted by Crippen LogP contribution is 2.20. The molecule has 0 saturated heterocycles. The molecule has 0 spiro atoms. The molecule has 148 valence electrons. The Morgan fingerprint density at radius 3 is 2.61 bits per heavy atom. The molecule has 28 heavy (non-hydrogen) atoms. The van der Waals surface area contributed by atoms with Crippen LogP contribution in [-0.2, 0) is 12.8 Å². The predicted molar refractivity (Wildman–Crippen MR) is 117 cm³/mol. The van der Waals surface area contributed by atoms with Crippen LogP contribution in [0.2, 0.25) is 0 Å². The second-order valence-electron chi connectivity index (χ2n) is 7.44. The highest BCUT2D eigenvalue weighted by Gasteiger charge is 2.15. The van der Waals surface area contributed by atoms with E-state index >= 15 is 0 Å². The van der Waals surface area contributed by atoms with Crippen LogP contribution in [0.1, 0.15) is 29.7 Å². The molecule has 5 nitrogen and oxygen atoms in total. The molecular formula is C22H28N4OS. The maximum absolute atomic E-state index is 12.1. The van der Waals surface area contributed by atoms with Gasteiger partial charge in [0.25, 0.3) is 5.56 Å². The second-order valence-corrected chi connectivity index (χ2v) is 8.22. The first-order chi connectivity index (χ1) is 13.5. The number of aromatic nitrogens is 2. The van der Waals surface area contributed by atoms with Gasteiger partial charge in [0, 0.05) is 24.6 Å². The fraction of sp³-hybridized carbons (Fsp3) is 0.364. The van der Waals surface area contributed by atoms with Crippen molar-refractivity contribution in [2.45, 2.75) is 31.7 Å². The standard InChI is InChI=1S/C22H28N4OS/c1-16(11-18-9-10-28-15-18)20-13-21(27)25-22(24-20)23-14-19(26(2)3)12-17-7-5-4-6-8-17/h4-10,13,15-16,19H,11-12,14H2,1-3H3,(H2,23,24,25,27). The van der Waals surface area contributed by atoms with Gasteiger partial charge in [-0.3, -0.25) is 9.78 Å². The van der Waals surface area contributed by atoms with Gasteiger partial charge in [-0.25, -0.2) is 4.98 Å². The molecule has 2 atom stereocenters. The van der Waals surface area contributed by atoms with Crippen LogP contribution in [0.4, 0.5) is 5.95 Å². The zero-order valence-corrected chi connectivity index (χ0v) is 17.5. The summed E-state index contributed by atoms with van der Waals surface area (Å²) in [6, 6.07) is 14.5. The third-order valence-electron chi connectivity index (χ3n) is 4.94. The summed E-state index contributed by atoms with van der Waals surface area (Å²) in [6.45, 7) is 2.81. The molecule has 2 unspecified atom stereocenters. The minimum absolute atomic E-state index is 0.117. The van der Waals surface area contributed by atoms with Crippen molar-refractivity contribution in [2.75, 3.05) is 26.0 Å². The van der Waals surface area contributed by atoms with Gasteiger partial charge >= 0.3 is 0 Å². The minimum Gasteiger partial charge on any atom is -0.354 e. The lowest BCUT2D eigenvalue weighted by molar-refractivity contribution is 0.303. The van der Waals surface area contributed by atoms with Crippen molar-refractivity contribution in [3.8, 4) is 0 Å². The molecule has 0 saturated carbocycles. The molecule has 6 heteroatoms. The summed E-state index contributed by atoms with van der Waals surface area (Å²) in [4.78, 5) is 21.8. The highest BCUT2D eigenvalue weighted by molar-refractivity contribution is 7.07. The Bertz CT molecular complexity index is 906. The number of H-pyrrole nitrogens is 1. The van der Waals surface area contributed by atoms with Crippen molar-refractivity contribution in [3.05, 3.63) is 80.4 Å². The largest absolute Gasteiger partial charge is 0.354 e. The average Bonchev–Trinajstić information content (AvgIpc) is 3.18. The van der Waals surface area contributed by atoms with E-state index in [-0.39, 0.29) is 11.5 Å². The number of likely N-dealkylation sites (N-methyl/N-ethyl adjacent to an activating group) is 1. The number of hydrogen-bond acceptors (Lipinski definition) is 5. The molecule has 0 amide bonds. The SMILES string of the molecule is CC(Cc1ccsc1)c1cc(=O)[nH]c(NCC(Cc2ccccc2)N(C)C)n1. The van der Waals surface area contributed by atoms with Crippen molar-refractivity contribution in [1.82, 2.24) is 14.9 Å². The zero-order chi connectivity index (χ0) is 19.9. The van der Waals surface area contributed by atoms with E-state index < -0.39 is 0 Å². The quantitative estimate of drug-likeness (QED) is 0.578. The van der Waals surface area contributed by atoms with E-state index in [4.69, 9.17) is 0 Å². The van der Waals surface area contributed by atoms with E-state index in [0.29, 0.717) is 18.5 Å². The summed E-state index contributed by atoms with van der Waals surface area (Å²) in [5, 5.41) is 7.56. The van der Waals surface area contributed by atoms with Gasteiger partial charge < -0.3 is 10.2 Å². The third kappa shape index (κ3) is 5.78. The molecule has 0 aliphatic carbocycles. The Hall–Kier alpha value is -2.44. The summed E-state index contributed by atoms with van der Waals surface area (Å²) in [6.07, 6.45) is 1.81. The predicted octanol–water partition coefficient (Wildman–Crippen LogP) is 3.76. The molecule has 0 aliphatic rings. The number of benzene rings is 1. The average molecular weight is 397 g/mol. The molecule has 1 aromatic carbocycles. The smallest absolute Gasteiger partial charge is 0.252 e. The fourth-order valence-electron chi connectivity index (χ4n) is 3.22. The minimum atomic E-state index is -0.117. The van der Waals surface area contributed by atoms with E-state index in [1.54, 1.807) is 17.4 Å². The Kier molecular flexibility index (Phi) is 7.01. The molecule has 2 heterocycles. The number of thiophene rings is 1. The molecule has 0 fully saturated rings. The third-order valence-corrected chi connectivity index (χ3v) is 5.67. The number of nitrogens with zero attached hydrogens (tertiary/aromatic N) is 2. The van der Waals surface area contributed by atoms with Crippen molar-refractivity contribution < 1.29 is 0 Å². The summed E-state index contributed by atoms with van der Waals surface area (Å²) >= 11 is 1.69. The fourth-order valence-corrected chi connectivity index (χ4v) is 3.90. The lowest BCUT2D eigenvalue weighted by atomic mass is 10.00. The number of rotatable bonds is 9. The van der Waals surface area contributed by atoms with Gasteiger partial charge in [0.2, 0.25) is 5.95 Å². The molecule has 2 N–H and O–H groups in total. The van der Waals surface area contributed by atoms with Gasteiger partial charge in [-0.2, -0.15) is 11.3 Å². The van der Waals surface area contributed by atoms with Gasteiger partial charge in [-0.15, -0.1) is 0 Å². The van der Waals surface area contributed by atoms with Gasteiger partial charge in [0.15, 0.2) is 0 Å². The number of anilines is 1. The lowest BCUT2D eigenvalue weighted by Gasteiger charge is -2.25. The molecule has 2 aromatic heterocycles. The molecule has 3 rings (SSSR count). The maximum Gasteiger partial charge on any atom is 0.252 e. The zero-order valence-electron chi connectivity index (χ0n) is 16.7. The Morgan fingerprint density at radius 2 is 1.93 bits per heavy atom. The monoisotopic (exact) mass is 396 g/mol. The first-order valence-electron chi connectivity index (χ1n) is 9.58. The van der Waals surface area contributed by atoms with Crippen LogP contribution in [0.3, 0.4) is 0 Å². The number of aromatic amines is 1. The maximum atomic E-state index is 12.1. The van der Waals surface area contributed by atoms with E-state index in [0.717, 1.165) is 18.5 Å². The second kappa shape index (κ2) is 9.66. The first-order valence-corrected chi connectivity index (χ1v) is 10.5. The van der Waals surface area contributed by atoms with Gasteiger partial charge in [0.05, 0.1) is 5.69 Å². The van der Waals surface area contributed by atoms with Crippen LogP contribution in [0.5, 0.6) is 0 Å². The Labute approximate surface area is 170 Å². The van der Waals surface area contributed by atoms with Crippen molar-refractivity contribution >= 4 is 17.3 Å². The lowest BCUT2D eigenvalue weighted by Crippen LogP contribution is -2.37. The summed E-state index contributed by atoms with van der Waals surface area (Å²) in [5.74, 6) is 0.728. The topological polar surface area (TPSA) is 61.0 Å². The van der Waals surface area contributed by atoms with Crippen LogP contribution in [0.15, 0.2) is 58.0 Å². The summed E-state index contributed by atoms with van der Waals surface area (Å²) in [5.41, 5.74) is 3.28. The van der Waals surface area contributed by atoms with Crippen LogP contribution in [0, 0.1) is 0 Å². The van der Waals surface area contributed by atoms with Crippen LogP contribution in [0.25, 0.3) is 0 Å². The van der Waals surface area contributed by atoms with Crippen molar-refractivity contribution in [2.24, 2.45) is 0 Å². The number of nitrogens with one attached hydrogen (secondary N) is 2. The van der Waals surface area contributed by atoms with Crippen LogP contribution >= 0.6 is 11.3 Å². The van der Waals surface area contributed by atoms with E-state index in [1.165, 1.54) is 11.1 Å². The van der Waals surface area contributed by atoms with E-state index in [9.17, 15) is 4.79 Å². The number of hydrogen-bond donors (Lipinski definition) is 2. The van der Waals surface area contributed by atoms with Gasteiger partial charge in [0.1, 0.15) is 0 Å². The summed E-state index contributed by atoms with van der Waals surface area (Å²) in [7, 11) is 4.15.